The van der Waals surface area contributed by atoms with Gasteiger partial charge in [0, 0.05) is 4.90 Å². The Bertz CT molecular complexity index is 753. The lowest BCUT2D eigenvalue weighted by Gasteiger charge is -2.08. The van der Waals surface area contributed by atoms with Crippen molar-refractivity contribution in [2.45, 2.75) is 33.8 Å². The summed E-state index contributed by atoms with van der Waals surface area (Å²) in [6, 6.07) is 5.00. The molecular weight excluding hydrogens is 300 g/mol. The van der Waals surface area contributed by atoms with Gasteiger partial charge in [-0.15, -0.1) is 5.10 Å². The molecule has 0 aliphatic heterocycles. The van der Waals surface area contributed by atoms with E-state index in [0.29, 0.717) is 16.1 Å². The van der Waals surface area contributed by atoms with Gasteiger partial charge in [0.1, 0.15) is 4.90 Å². The van der Waals surface area contributed by atoms with Crippen LogP contribution < -0.4 is 10.9 Å². The van der Waals surface area contributed by atoms with Crippen LogP contribution in [0.25, 0.3) is 0 Å². The van der Waals surface area contributed by atoms with Gasteiger partial charge < -0.3 is 5.73 Å². The quantitative estimate of drug-likeness (QED) is 0.781. The Labute approximate surface area is 119 Å². The number of primary sulfonamides is 1. The molecule has 0 atom stereocenters. The smallest absolute Gasteiger partial charge is 0.240 e. The molecule has 1 aliphatic rings. The predicted molar refractivity (Wildman–Crippen MR) is 72.4 cm³/mol. The number of anilines is 1. The minimum atomic E-state index is -3.85. The van der Waals surface area contributed by atoms with Gasteiger partial charge in [-0.1, -0.05) is 6.07 Å². The highest BCUT2D eigenvalue weighted by Gasteiger charge is 2.28. The maximum absolute atomic E-state index is 11.4. The summed E-state index contributed by atoms with van der Waals surface area (Å²) in [5, 5.41) is 17.2. The van der Waals surface area contributed by atoms with E-state index < -0.39 is 10.0 Å². The molecule has 20 heavy (non-hydrogen) atoms. The average Bonchev–Trinajstić information content (AvgIpc) is 3.11. The zero-order valence-corrected chi connectivity index (χ0v) is 11.9. The lowest BCUT2D eigenvalue weighted by molar-refractivity contribution is 0.565. The average molecular weight is 312 g/mol. The molecule has 10 heteroatoms. The lowest BCUT2D eigenvalue weighted by atomic mass is 10.3. The summed E-state index contributed by atoms with van der Waals surface area (Å²) in [5.41, 5.74) is 5.99. The molecule has 1 aromatic heterocycles. The van der Waals surface area contributed by atoms with Gasteiger partial charge in [-0.25, -0.2) is 18.2 Å². The van der Waals surface area contributed by atoms with Crippen molar-refractivity contribution >= 4 is 27.5 Å². The molecule has 1 fully saturated rings. The number of sulfonamides is 1. The molecule has 1 saturated carbocycles. The van der Waals surface area contributed by atoms with E-state index in [1.165, 1.54) is 17.8 Å². The number of tetrazole rings is 1. The second-order valence-electron chi connectivity index (χ2n) is 4.45. The summed E-state index contributed by atoms with van der Waals surface area (Å²) in [6.45, 7) is 0. The summed E-state index contributed by atoms with van der Waals surface area (Å²) < 4.78 is 24.6. The minimum absolute atomic E-state index is 0.0899. The van der Waals surface area contributed by atoms with Crippen molar-refractivity contribution in [3.05, 3.63) is 18.2 Å². The molecular formula is C10H12N6O2S2. The third-order valence-corrected chi connectivity index (χ3v) is 4.89. The van der Waals surface area contributed by atoms with E-state index in [-0.39, 0.29) is 10.6 Å². The molecule has 3 rings (SSSR count). The zero-order valence-electron chi connectivity index (χ0n) is 10.3. The van der Waals surface area contributed by atoms with Crippen molar-refractivity contribution in [3.63, 3.8) is 0 Å². The molecule has 1 aliphatic carbocycles. The van der Waals surface area contributed by atoms with Gasteiger partial charge in [0.15, 0.2) is 0 Å². The first kappa shape index (κ1) is 13.3. The Morgan fingerprint density at radius 1 is 1.35 bits per heavy atom. The van der Waals surface area contributed by atoms with Crippen LogP contribution in [0.15, 0.2) is 33.1 Å². The van der Waals surface area contributed by atoms with Crippen LogP contribution in [0.3, 0.4) is 0 Å². The zero-order chi connectivity index (χ0) is 14.3. The lowest BCUT2D eigenvalue weighted by Crippen LogP contribution is -2.14. The molecule has 8 nitrogen and oxygen atoms in total. The number of hydrogen-bond donors (Lipinski definition) is 2. The van der Waals surface area contributed by atoms with Gasteiger partial charge in [-0.3, -0.25) is 0 Å². The molecule has 106 valence electrons. The summed E-state index contributed by atoms with van der Waals surface area (Å²) in [4.78, 5) is 0.473. The fourth-order valence-electron chi connectivity index (χ4n) is 1.76. The molecule has 2 aromatic rings. The van der Waals surface area contributed by atoms with Gasteiger partial charge in [0.05, 0.1) is 11.7 Å². The third kappa shape index (κ3) is 2.49. The highest BCUT2D eigenvalue weighted by Crippen LogP contribution is 2.39. The highest BCUT2D eigenvalue weighted by molar-refractivity contribution is 7.99. The van der Waals surface area contributed by atoms with Crippen LogP contribution in [0.1, 0.15) is 18.9 Å². The fourth-order valence-corrected chi connectivity index (χ4v) is 3.43. The van der Waals surface area contributed by atoms with Gasteiger partial charge in [0.25, 0.3) is 0 Å². The minimum Gasteiger partial charge on any atom is -0.397 e. The van der Waals surface area contributed by atoms with Crippen LogP contribution >= 0.6 is 11.8 Å². The molecule has 0 radical (unpaired) electrons. The second-order valence-corrected chi connectivity index (χ2v) is 6.99. The Morgan fingerprint density at radius 3 is 2.75 bits per heavy atom. The van der Waals surface area contributed by atoms with E-state index in [1.807, 2.05) is 0 Å². The molecule has 0 saturated heterocycles. The topological polar surface area (TPSA) is 130 Å². The molecule has 0 spiro atoms. The predicted octanol–water partition coefficient (Wildman–Crippen LogP) is 0.389. The SMILES string of the molecule is Nc1c(Sc2nnnn2C2CC2)cccc1S(N)(=O)=O. The van der Waals surface area contributed by atoms with E-state index in [4.69, 9.17) is 10.9 Å². The van der Waals surface area contributed by atoms with Crippen molar-refractivity contribution in [1.29, 1.82) is 0 Å². The van der Waals surface area contributed by atoms with E-state index in [9.17, 15) is 8.42 Å². The number of nitrogens with zero attached hydrogens (tertiary/aromatic N) is 4. The number of nitrogens with two attached hydrogens (primary N) is 2. The summed E-state index contributed by atoms with van der Waals surface area (Å²) in [5.74, 6) is 0. The van der Waals surface area contributed by atoms with Gasteiger partial charge in [-0.05, 0) is 47.2 Å². The largest absolute Gasteiger partial charge is 0.397 e. The van der Waals surface area contributed by atoms with Crippen molar-refractivity contribution in [2.75, 3.05) is 5.73 Å². The first-order valence-electron chi connectivity index (χ1n) is 5.84. The van der Waals surface area contributed by atoms with Crippen LogP contribution in [-0.4, -0.2) is 28.6 Å². The normalized spacial score (nSPS) is 15.4. The number of para-hydroxylation sites is 1. The van der Waals surface area contributed by atoms with Gasteiger partial charge in [0.2, 0.25) is 15.2 Å². The Morgan fingerprint density at radius 2 is 2.10 bits per heavy atom. The summed E-state index contributed by atoms with van der Waals surface area (Å²) in [6.07, 6.45) is 2.09. The standard InChI is InChI=1S/C10H12N6O2S2/c11-9-7(2-1-3-8(9)20(12,17)18)19-10-13-14-15-16(10)6-4-5-6/h1-3,6H,4-5,11H2,(H2,12,17,18). The number of benzene rings is 1. The number of nitrogen functional groups attached to an aromatic ring is 1. The maximum atomic E-state index is 11.4. The van der Waals surface area contributed by atoms with Crippen molar-refractivity contribution < 1.29 is 8.42 Å². The molecule has 0 unspecified atom stereocenters. The van der Waals surface area contributed by atoms with E-state index in [1.54, 1.807) is 16.8 Å². The Hall–Kier alpha value is -1.65. The summed E-state index contributed by atoms with van der Waals surface area (Å²) >= 11 is 1.23. The monoisotopic (exact) mass is 312 g/mol. The first-order valence-corrected chi connectivity index (χ1v) is 8.20. The van der Waals surface area contributed by atoms with Crippen LogP contribution in [-0.2, 0) is 10.0 Å². The maximum Gasteiger partial charge on any atom is 0.240 e. The Kier molecular flexibility index (Phi) is 3.15. The van der Waals surface area contributed by atoms with Crippen LogP contribution in [0.4, 0.5) is 5.69 Å². The van der Waals surface area contributed by atoms with Crippen LogP contribution in [0.5, 0.6) is 0 Å². The van der Waals surface area contributed by atoms with E-state index in [2.05, 4.69) is 15.5 Å². The third-order valence-electron chi connectivity index (χ3n) is 2.89. The number of hydrogen-bond acceptors (Lipinski definition) is 7. The highest BCUT2D eigenvalue weighted by atomic mass is 32.2. The molecule has 1 heterocycles. The number of aromatic nitrogens is 4. The van der Waals surface area contributed by atoms with Crippen LogP contribution in [0, 0.1) is 0 Å². The molecule has 1 aromatic carbocycles. The van der Waals surface area contributed by atoms with Gasteiger partial charge >= 0.3 is 0 Å². The summed E-state index contributed by atoms with van der Waals surface area (Å²) in [7, 11) is -3.85. The number of rotatable bonds is 4. The molecule has 4 N–H and O–H groups in total. The Balaban J connectivity index is 1.97. The van der Waals surface area contributed by atoms with Crippen molar-refractivity contribution in [3.8, 4) is 0 Å². The van der Waals surface area contributed by atoms with Crippen molar-refractivity contribution in [1.82, 2.24) is 20.2 Å². The first-order chi connectivity index (χ1) is 9.47. The van der Waals surface area contributed by atoms with Crippen molar-refractivity contribution in [2.24, 2.45) is 5.14 Å². The van der Waals surface area contributed by atoms with E-state index >= 15 is 0 Å². The van der Waals surface area contributed by atoms with E-state index in [0.717, 1.165) is 12.8 Å². The van der Waals surface area contributed by atoms with Gasteiger partial charge in [-0.2, -0.15) is 0 Å². The second kappa shape index (κ2) is 4.72. The fraction of sp³-hybridized carbons (Fsp3) is 0.300. The molecule has 0 amide bonds. The van der Waals surface area contributed by atoms with Crippen LogP contribution in [0.2, 0.25) is 0 Å². The molecule has 0 bridgehead atoms.